The molecule has 1 aromatic rings. The SMILES string of the molecule is CCc1ccc(C(C)(C)C(=O)N2CC[C@@H](N)C2)cc1. The lowest BCUT2D eigenvalue weighted by Gasteiger charge is -2.29. The van der Waals surface area contributed by atoms with E-state index in [-0.39, 0.29) is 11.9 Å². The lowest BCUT2D eigenvalue weighted by Crippen LogP contribution is -2.43. The van der Waals surface area contributed by atoms with Gasteiger partial charge in [0.15, 0.2) is 0 Å². The Labute approximate surface area is 115 Å². The van der Waals surface area contributed by atoms with Crippen molar-refractivity contribution in [3.05, 3.63) is 35.4 Å². The van der Waals surface area contributed by atoms with Gasteiger partial charge in [0.1, 0.15) is 0 Å². The van der Waals surface area contributed by atoms with E-state index < -0.39 is 5.41 Å². The first kappa shape index (κ1) is 14.1. The fraction of sp³-hybridized carbons (Fsp3) is 0.562. The minimum atomic E-state index is -0.476. The molecule has 0 bridgehead atoms. The lowest BCUT2D eigenvalue weighted by molar-refractivity contribution is -0.135. The van der Waals surface area contributed by atoms with Crippen molar-refractivity contribution in [1.29, 1.82) is 0 Å². The molecule has 0 unspecified atom stereocenters. The number of carbonyl (C=O) groups is 1. The molecule has 1 aromatic carbocycles. The zero-order chi connectivity index (χ0) is 14.0. The lowest BCUT2D eigenvalue weighted by atomic mass is 9.82. The number of rotatable bonds is 3. The molecule has 1 fully saturated rings. The van der Waals surface area contributed by atoms with Gasteiger partial charge in [-0.1, -0.05) is 31.2 Å². The third-order valence-corrected chi connectivity index (χ3v) is 4.13. The van der Waals surface area contributed by atoms with E-state index in [4.69, 9.17) is 5.73 Å². The molecule has 19 heavy (non-hydrogen) atoms. The highest BCUT2D eigenvalue weighted by Gasteiger charge is 2.36. The van der Waals surface area contributed by atoms with Crippen LogP contribution in [0.4, 0.5) is 0 Å². The van der Waals surface area contributed by atoms with E-state index in [1.807, 2.05) is 18.7 Å². The second-order valence-corrected chi connectivity index (χ2v) is 5.98. The molecule has 1 atom stereocenters. The van der Waals surface area contributed by atoms with Crippen LogP contribution in [0.25, 0.3) is 0 Å². The molecule has 3 nitrogen and oxygen atoms in total. The number of carbonyl (C=O) groups excluding carboxylic acids is 1. The van der Waals surface area contributed by atoms with E-state index >= 15 is 0 Å². The van der Waals surface area contributed by atoms with Crippen LogP contribution < -0.4 is 5.73 Å². The van der Waals surface area contributed by atoms with Crippen LogP contribution in [0.2, 0.25) is 0 Å². The Kier molecular flexibility index (Phi) is 3.95. The average molecular weight is 260 g/mol. The number of likely N-dealkylation sites (tertiary alicyclic amines) is 1. The Balaban J connectivity index is 2.18. The van der Waals surface area contributed by atoms with Crippen molar-refractivity contribution in [2.24, 2.45) is 5.73 Å². The number of benzene rings is 1. The Hall–Kier alpha value is -1.35. The number of nitrogens with two attached hydrogens (primary N) is 1. The molecule has 0 saturated carbocycles. The first-order valence-corrected chi connectivity index (χ1v) is 7.09. The summed E-state index contributed by atoms with van der Waals surface area (Å²) < 4.78 is 0. The molecule has 2 rings (SSSR count). The Morgan fingerprint density at radius 3 is 2.47 bits per heavy atom. The first-order valence-electron chi connectivity index (χ1n) is 7.09. The van der Waals surface area contributed by atoms with Gasteiger partial charge in [0.2, 0.25) is 5.91 Å². The number of amides is 1. The number of nitrogens with zero attached hydrogens (tertiary/aromatic N) is 1. The highest BCUT2D eigenvalue weighted by atomic mass is 16.2. The van der Waals surface area contributed by atoms with Gasteiger partial charge in [-0.2, -0.15) is 0 Å². The third kappa shape index (κ3) is 2.81. The van der Waals surface area contributed by atoms with Crippen LogP contribution in [0.15, 0.2) is 24.3 Å². The topological polar surface area (TPSA) is 46.3 Å². The molecule has 0 radical (unpaired) electrons. The molecule has 1 saturated heterocycles. The molecule has 1 aliphatic heterocycles. The van der Waals surface area contributed by atoms with Crippen LogP contribution in [0.5, 0.6) is 0 Å². The van der Waals surface area contributed by atoms with Crippen molar-refractivity contribution in [3.8, 4) is 0 Å². The highest BCUT2D eigenvalue weighted by molar-refractivity contribution is 5.87. The molecule has 0 aliphatic carbocycles. The zero-order valence-electron chi connectivity index (χ0n) is 12.1. The molecule has 1 aliphatic rings. The monoisotopic (exact) mass is 260 g/mol. The van der Waals surface area contributed by atoms with Gasteiger partial charge in [0, 0.05) is 19.1 Å². The summed E-state index contributed by atoms with van der Waals surface area (Å²) in [6.07, 6.45) is 1.94. The molecule has 0 spiro atoms. The largest absolute Gasteiger partial charge is 0.340 e. The third-order valence-electron chi connectivity index (χ3n) is 4.13. The zero-order valence-corrected chi connectivity index (χ0v) is 12.1. The van der Waals surface area contributed by atoms with Crippen LogP contribution in [0, 0.1) is 0 Å². The summed E-state index contributed by atoms with van der Waals surface area (Å²) in [5.74, 6) is 0.185. The second kappa shape index (κ2) is 5.33. The van der Waals surface area contributed by atoms with Gasteiger partial charge in [-0.05, 0) is 37.8 Å². The second-order valence-electron chi connectivity index (χ2n) is 5.98. The van der Waals surface area contributed by atoms with Crippen LogP contribution in [-0.2, 0) is 16.6 Å². The van der Waals surface area contributed by atoms with E-state index in [2.05, 4.69) is 31.2 Å². The molecule has 1 amide bonds. The first-order chi connectivity index (χ1) is 8.95. The Bertz CT molecular complexity index is 450. The number of aryl methyl sites for hydroxylation is 1. The van der Waals surface area contributed by atoms with Gasteiger partial charge in [0.25, 0.3) is 0 Å². The summed E-state index contributed by atoms with van der Waals surface area (Å²) >= 11 is 0. The van der Waals surface area contributed by atoms with Crippen molar-refractivity contribution >= 4 is 5.91 Å². The van der Waals surface area contributed by atoms with Crippen molar-refractivity contribution in [2.75, 3.05) is 13.1 Å². The maximum atomic E-state index is 12.6. The van der Waals surface area contributed by atoms with Gasteiger partial charge in [0.05, 0.1) is 5.41 Å². The normalized spacial score (nSPS) is 19.8. The predicted molar refractivity (Wildman–Crippen MR) is 78.0 cm³/mol. The minimum Gasteiger partial charge on any atom is -0.340 e. The smallest absolute Gasteiger partial charge is 0.232 e. The van der Waals surface area contributed by atoms with E-state index in [0.29, 0.717) is 6.54 Å². The summed E-state index contributed by atoms with van der Waals surface area (Å²) in [7, 11) is 0. The molecule has 3 heteroatoms. The molecule has 1 heterocycles. The van der Waals surface area contributed by atoms with E-state index in [1.54, 1.807) is 0 Å². The molecular weight excluding hydrogens is 236 g/mol. The summed E-state index contributed by atoms with van der Waals surface area (Å²) in [6.45, 7) is 7.61. The summed E-state index contributed by atoms with van der Waals surface area (Å²) in [5, 5.41) is 0. The van der Waals surface area contributed by atoms with Gasteiger partial charge in [-0.15, -0.1) is 0 Å². The number of hydrogen-bond acceptors (Lipinski definition) is 2. The van der Waals surface area contributed by atoms with Crippen LogP contribution in [0.1, 0.15) is 38.3 Å². The Morgan fingerprint density at radius 1 is 1.37 bits per heavy atom. The highest BCUT2D eigenvalue weighted by Crippen LogP contribution is 2.27. The maximum Gasteiger partial charge on any atom is 0.232 e. The Morgan fingerprint density at radius 2 is 2.00 bits per heavy atom. The van der Waals surface area contributed by atoms with Gasteiger partial charge < -0.3 is 10.6 Å². The van der Waals surface area contributed by atoms with Gasteiger partial charge >= 0.3 is 0 Å². The van der Waals surface area contributed by atoms with E-state index in [9.17, 15) is 4.79 Å². The van der Waals surface area contributed by atoms with Crippen LogP contribution in [-0.4, -0.2) is 29.9 Å². The number of hydrogen-bond donors (Lipinski definition) is 1. The van der Waals surface area contributed by atoms with Crippen molar-refractivity contribution < 1.29 is 4.79 Å². The van der Waals surface area contributed by atoms with Crippen molar-refractivity contribution in [3.63, 3.8) is 0 Å². The minimum absolute atomic E-state index is 0.141. The molecular formula is C16H24N2O. The molecule has 104 valence electrons. The fourth-order valence-electron chi connectivity index (χ4n) is 2.65. The van der Waals surface area contributed by atoms with Crippen LogP contribution >= 0.6 is 0 Å². The fourth-order valence-corrected chi connectivity index (χ4v) is 2.65. The standard InChI is InChI=1S/C16H24N2O/c1-4-12-5-7-13(8-6-12)16(2,3)15(19)18-10-9-14(17)11-18/h5-8,14H,4,9-11,17H2,1-3H3/t14-/m1/s1. The maximum absolute atomic E-state index is 12.6. The molecule has 2 N–H and O–H groups in total. The summed E-state index contributed by atoms with van der Waals surface area (Å²) in [5.41, 5.74) is 7.79. The van der Waals surface area contributed by atoms with Gasteiger partial charge in [-0.25, -0.2) is 0 Å². The quantitative estimate of drug-likeness (QED) is 0.904. The summed E-state index contributed by atoms with van der Waals surface area (Å²) in [6, 6.07) is 8.52. The van der Waals surface area contributed by atoms with Crippen LogP contribution in [0.3, 0.4) is 0 Å². The predicted octanol–water partition coefficient (Wildman–Crippen LogP) is 2.09. The molecule has 0 aromatic heterocycles. The van der Waals surface area contributed by atoms with E-state index in [0.717, 1.165) is 24.9 Å². The van der Waals surface area contributed by atoms with Crippen molar-refractivity contribution in [2.45, 2.75) is 45.1 Å². The van der Waals surface area contributed by atoms with E-state index in [1.165, 1.54) is 5.56 Å². The van der Waals surface area contributed by atoms with Crippen molar-refractivity contribution in [1.82, 2.24) is 4.90 Å². The van der Waals surface area contributed by atoms with Gasteiger partial charge in [-0.3, -0.25) is 4.79 Å². The average Bonchev–Trinajstić information content (AvgIpc) is 2.84. The summed E-state index contributed by atoms with van der Waals surface area (Å²) in [4.78, 5) is 14.5.